The number of allylic oxidation sites excluding steroid dienone is 3. The highest BCUT2D eigenvalue weighted by molar-refractivity contribution is 5.25. The molecule has 0 aromatic heterocycles. The molecule has 0 saturated carbocycles. The van der Waals surface area contributed by atoms with Gasteiger partial charge in [0, 0.05) is 11.8 Å². The minimum absolute atomic E-state index is 0.0688. The lowest BCUT2D eigenvalue weighted by Gasteiger charge is -2.27. The third-order valence-corrected chi connectivity index (χ3v) is 2.30. The molecular formula is C10H15FO. The Morgan fingerprint density at radius 3 is 2.83 bits per heavy atom. The predicted molar refractivity (Wildman–Crippen MR) is 47.6 cm³/mol. The van der Waals surface area contributed by atoms with Crippen molar-refractivity contribution in [3.8, 4) is 0 Å². The van der Waals surface area contributed by atoms with Crippen molar-refractivity contribution in [1.82, 2.24) is 0 Å². The van der Waals surface area contributed by atoms with Gasteiger partial charge in [-0.3, -0.25) is 0 Å². The maximum absolute atomic E-state index is 12.9. The maximum atomic E-state index is 12.9. The van der Waals surface area contributed by atoms with E-state index < -0.39 is 6.17 Å². The Labute approximate surface area is 72.6 Å². The lowest BCUT2D eigenvalue weighted by Crippen LogP contribution is -2.22. The Morgan fingerprint density at radius 1 is 1.67 bits per heavy atom. The zero-order valence-corrected chi connectivity index (χ0v) is 7.55. The number of aliphatic hydroxyl groups is 1. The Balaban J connectivity index is 2.76. The van der Waals surface area contributed by atoms with Crippen molar-refractivity contribution in [3.05, 3.63) is 23.8 Å². The third-order valence-electron chi connectivity index (χ3n) is 2.30. The fourth-order valence-electron chi connectivity index (χ4n) is 1.24. The fourth-order valence-corrected chi connectivity index (χ4v) is 1.24. The second kappa shape index (κ2) is 3.40. The van der Waals surface area contributed by atoms with Gasteiger partial charge in [-0.2, -0.15) is 0 Å². The van der Waals surface area contributed by atoms with Gasteiger partial charge in [-0.15, -0.1) is 0 Å². The standard InChI is InChI=1S/C10H15FO/c1-10(2,7-12)8-4-3-5-9(11)6-8/h3-5,9,12H,6-7H2,1-2H3. The number of hydrogen-bond acceptors (Lipinski definition) is 1. The summed E-state index contributed by atoms with van der Waals surface area (Å²) < 4.78 is 12.9. The Morgan fingerprint density at radius 2 is 2.33 bits per heavy atom. The lowest BCUT2D eigenvalue weighted by molar-refractivity contribution is 0.182. The van der Waals surface area contributed by atoms with Crippen LogP contribution in [0.5, 0.6) is 0 Å². The monoisotopic (exact) mass is 170 g/mol. The van der Waals surface area contributed by atoms with Gasteiger partial charge in [0.05, 0.1) is 6.61 Å². The molecule has 1 rings (SSSR count). The average Bonchev–Trinajstić information content (AvgIpc) is 2.05. The molecule has 0 bridgehead atoms. The predicted octanol–water partition coefficient (Wildman–Crippen LogP) is 2.23. The molecule has 0 aromatic rings. The molecule has 0 fully saturated rings. The molecule has 2 heteroatoms. The smallest absolute Gasteiger partial charge is 0.122 e. The van der Waals surface area contributed by atoms with Crippen LogP contribution in [0.25, 0.3) is 0 Å². The van der Waals surface area contributed by atoms with E-state index in [1.165, 1.54) is 6.08 Å². The zero-order chi connectivity index (χ0) is 9.19. The van der Waals surface area contributed by atoms with Crippen molar-refractivity contribution in [2.24, 2.45) is 5.41 Å². The van der Waals surface area contributed by atoms with Crippen LogP contribution in [0.4, 0.5) is 4.39 Å². The molecule has 1 atom stereocenters. The summed E-state index contributed by atoms with van der Waals surface area (Å²) in [5.41, 5.74) is 0.703. The van der Waals surface area contributed by atoms with Crippen molar-refractivity contribution >= 4 is 0 Å². The summed E-state index contributed by atoms with van der Waals surface area (Å²) >= 11 is 0. The number of hydrogen-bond donors (Lipinski definition) is 1. The van der Waals surface area contributed by atoms with Crippen molar-refractivity contribution < 1.29 is 9.50 Å². The third kappa shape index (κ3) is 1.95. The molecule has 1 aliphatic carbocycles. The summed E-state index contributed by atoms with van der Waals surface area (Å²) in [4.78, 5) is 0. The molecule has 0 spiro atoms. The Bertz CT molecular complexity index is 216. The summed E-state index contributed by atoms with van der Waals surface area (Å²) in [5, 5.41) is 9.05. The first kappa shape index (κ1) is 9.46. The lowest BCUT2D eigenvalue weighted by atomic mass is 9.80. The molecule has 0 amide bonds. The van der Waals surface area contributed by atoms with Gasteiger partial charge >= 0.3 is 0 Å². The highest BCUT2D eigenvalue weighted by Gasteiger charge is 2.24. The van der Waals surface area contributed by atoms with Gasteiger partial charge < -0.3 is 5.11 Å². The van der Waals surface area contributed by atoms with Gasteiger partial charge in [-0.05, 0) is 0 Å². The molecule has 12 heavy (non-hydrogen) atoms. The molecule has 0 saturated heterocycles. The van der Waals surface area contributed by atoms with Crippen LogP contribution in [-0.4, -0.2) is 17.9 Å². The first-order chi connectivity index (χ1) is 5.56. The number of rotatable bonds is 2. The highest BCUT2D eigenvalue weighted by Crippen LogP contribution is 2.32. The number of aliphatic hydroxyl groups excluding tert-OH is 1. The fraction of sp³-hybridized carbons (Fsp3) is 0.600. The molecular weight excluding hydrogens is 155 g/mol. The van der Waals surface area contributed by atoms with E-state index in [0.717, 1.165) is 5.57 Å². The number of alkyl halides is 1. The minimum atomic E-state index is -0.879. The summed E-state index contributed by atoms with van der Waals surface area (Å²) in [6.45, 7) is 3.91. The minimum Gasteiger partial charge on any atom is -0.395 e. The van der Waals surface area contributed by atoms with E-state index in [0.29, 0.717) is 6.42 Å². The molecule has 1 aliphatic rings. The van der Waals surface area contributed by atoms with E-state index in [2.05, 4.69) is 0 Å². The second-order valence-corrected chi connectivity index (χ2v) is 3.84. The van der Waals surface area contributed by atoms with Crippen LogP contribution in [0.2, 0.25) is 0 Å². The molecule has 1 nitrogen and oxygen atoms in total. The molecule has 0 heterocycles. The van der Waals surface area contributed by atoms with Gasteiger partial charge in [0.1, 0.15) is 6.17 Å². The van der Waals surface area contributed by atoms with E-state index in [-0.39, 0.29) is 12.0 Å². The van der Waals surface area contributed by atoms with Gasteiger partial charge in [0.25, 0.3) is 0 Å². The molecule has 1 N–H and O–H groups in total. The molecule has 0 aromatic carbocycles. The first-order valence-corrected chi connectivity index (χ1v) is 4.19. The van der Waals surface area contributed by atoms with E-state index in [4.69, 9.17) is 5.11 Å². The van der Waals surface area contributed by atoms with Gasteiger partial charge in [-0.25, -0.2) is 4.39 Å². The van der Waals surface area contributed by atoms with Crippen LogP contribution in [0.15, 0.2) is 23.8 Å². The zero-order valence-electron chi connectivity index (χ0n) is 7.55. The topological polar surface area (TPSA) is 20.2 Å². The van der Waals surface area contributed by atoms with Crippen molar-refractivity contribution in [1.29, 1.82) is 0 Å². The molecule has 0 radical (unpaired) electrons. The summed E-state index contributed by atoms with van der Waals surface area (Å²) in [6.07, 6.45) is 4.70. The van der Waals surface area contributed by atoms with Crippen molar-refractivity contribution in [2.75, 3.05) is 6.61 Å². The van der Waals surface area contributed by atoms with Crippen LogP contribution in [-0.2, 0) is 0 Å². The average molecular weight is 170 g/mol. The molecule has 1 unspecified atom stereocenters. The van der Waals surface area contributed by atoms with Crippen LogP contribution < -0.4 is 0 Å². The van der Waals surface area contributed by atoms with Gasteiger partial charge in [0.2, 0.25) is 0 Å². The van der Waals surface area contributed by atoms with E-state index in [9.17, 15) is 4.39 Å². The summed E-state index contributed by atoms with van der Waals surface area (Å²) in [5.74, 6) is 0. The second-order valence-electron chi connectivity index (χ2n) is 3.84. The van der Waals surface area contributed by atoms with Crippen molar-refractivity contribution in [3.63, 3.8) is 0 Å². The van der Waals surface area contributed by atoms with E-state index >= 15 is 0 Å². The van der Waals surface area contributed by atoms with E-state index in [1.807, 2.05) is 19.9 Å². The summed E-state index contributed by atoms with van der Waals surface area (Å²) in [7, 11) is 0. The Hall–Kier alpha value is -0.630. The van der Waals surface area contributed by atoms with Crippen molar-refractivity contribution in [2.45, 2.75) is 26.4 Å². The van der Waals surface area contributed by atoms with Gasteiger partial charge in [0.15, 0.2) is 0 Å². The SMILES string of the molecule is CC(C)(CO)C1=CC=CC(F)C1. The van der Waals surface area contributed by atoms with Crippen LogP contribution in [0, 0.1) is 5.41 Å². The van der Waals surface area contributed by atoms with Crippen LogP contribution in [0.1, 0.15) is 20.3 Å². The largest absolute Gasteiger partial charge is 0.395 e. The Kier molecular flexibility index (Phi) is 2.68. The number of halogens is 1. The molecule has 68 valence electrons. The molecule has 0 aliphatic heterocycles. The van der Waals surface area contributed by atoms with Gasteiger partial charge in [-0.1, -0.05) is 37.6 Å². The van der Waals surface area contributed by atoms with Crippen LogP contribution >= 0.6 is 0 Å². The quantitative estimate of drug-likeness (QED) is 0.673. The maximum Gasteiger partial charge on any atom is 0.122 e. The normalized spacial score (nSPS) is 24.0. The first-order valence-electron chi connectivity index (χ1n) is 4.19. The highest BCUT2D eigenvalue weighted by atomic mass is 19.1. The van der Waals surface area contributed by atoms with Crippen LogP contribution in [0.3, 0.4) is 0 Å². The van der Waals surface area contributed by atoms with E-state index in [1.54, 1.807) is 6.08 Å². The summed E-state index contributed by atoms with van der Waals surface area (Å²) in [6, 6.07) is 0.